The van der Waals surface area contributed by atoms with Crippen LogP contribution < -0.4 is 4.74 Å². The van der Waals surface area contributed by atoms with Crippen LogP contribution in [0.25, 0.3) is 22.5 Å². The first-order valence-electron chi connectivity index (χ1n) is 19.4. The Morgan fingerprint density at radius 2 is 1.16 bits per heavy atom. The van der Waals surface area contributed by atoms with Gasteiger partial charge in [0.15, 0.2) is 5.82 Å². The second kappa shape index (κ2) is 16.9. The first kappa shape index (κ1) is 37.2. The van der Waals surface area contributed by atoms with E-state index >= 15 is 0 Å². The molecule has 1 N–H and O–H groups in total. The summed E-state index contributed by atoms with van der Waals surface area (Å²) in [6.07, 6.45) is 2.36. The molecule has 8 nitrogen and oxygen atoms in total. The standard InChI is InChI=1S/C49H44N6O2/c1-3-15-46-50-35(2)45(32-36-24-26-37(33-56)27-25-36)48(51-46)57-34-38-28-30-39(31-29-38)43-22-13-14-23-44(43)47-52-53-54-55(47)49(40-16-7-4-8-17-40,41-18-9-5-10-19-41)42-20-11-6-12-21-42/h4-14,16-31,56H,3,15,32-34H2,1-2H3. The van der Waals surface area contributed by atoms with Crippen molar-refractivity contribution in [2.75, 3.05) is 0 Å². The third-order valence-electron chi connectivity index (χ3n) is 10.5. The van der Waals surface area contributed by atoms with Gasteiger partial charge >= 0.3 is 0 Å². The van der Waals surface area contributed by atoms with E-state index in [2.05, 4.69) is 121 Å². The van der Waals surface area contributed by atoms with Gasteiger partial charge in [-0.3, -0.25) is 0 Å². The average Bonchev–Trinajstić information content (AvgIpc) is 3.76. The quantitative estimate of drug-likeness (QED) is 0.111. The van der Waals surface area contributed by atoms with Gasteiger partial charge in [-0.1, -0.05) is 171 Å². The van der Waals surface area contributed by atoms with Crippen LogP contribution in [0, 0.1) is 6.92 Å². The lowest BCUT2D eigenvalue weighted by Gasteiger charge is -2.36. The van der Waals surface area contributed by atoms with Crippen molar-refractivity contribution in [2.45, 2.75) is 51.9 Å². The van der Waals surface area contributed by atoms with Crippen LogP contribution in [0.1, 0.15) is 63.8 Å². The van der Waals surface area contributed by atoms with Gasteiger partial charge in [-0.15, -0.1) is 5.10 Å². The van der Waals surface area contributed by atoms with Gasteiger partial charge in [0.25, 0.3) is 0 Å². The number of aliphatic hydroxyl groups is 1. The molecule has 0 radical (unpaired) electrons. The number of hydrogen-bond donors (Lipinski definition) is 1. The fourth-order valence-corrected chi connectivity index (χ4v) is 7.60. The first-order valence-corrected chi connectivity index (χ1v) is 19.4. The lowest BCUT2D eigenvalue weighted by molar-refractivity contribution is 0.282. The third-order valence-corrected chi connectivity index (χ3v) is 10.5. The normalized spacial score (nSPS) is 11.4. The smallest absolute Gasteiger partial charge is 0.220 e. The van der Waals surface area contributed by atoms with E-state index in [-0.39, 0.29) is 6.61 Å². The summed E-state index contributed by atoms with van der Waals surface area (Å²) in [6.45, 7) is 4.52. The van der Waals surface area contributed by atoms with Crippen LogP contribution >= 0.6 is 0 Å². The van der Waals surface area contributed by atoms with Crippen LogP contribution in [0.2, 0.25) is 0 Å². The molecule has 0 saturated carbocycles. The minimum absolute atomic E-state index is 0.0170. The maximum atomic E-state index is 9.51. The molecule has 0 aliphatic rings. The lowest BCUT2D eigenvalue weighted by atomic mass is 9.77. The molecule has 0 aliphatic heterocycles. The summed E-state index contributed by atoms with van der Waals surface area (Å²) in [5, 5.41) is 23.4. The Bertz CT molecular complexity index is 2440. The Kier molecular flexibility index (Phi) is 11.0. The van der Waals surface area contributed by atoms with Crippen molar-refractivity contribution in [2.24, 2.45) is 0 Å². The van der Waals surface area contributed by atoms with E-state index < -0.39 is 5.54 Å². The molecule has 0 aliphatic carbocycles. The Morgan fingerprint density at radius 3 is 1.74 bits per heavy atom. The van der Waals surface area contributed by atoms with Gasteiger partial charge in [-0.25, -0.2) is 9.67 Å². The summed E-state index contributed by atoms with van der Waals surface area (Å²) in [6, 6.07) is 56.0. The third kappa shape index (κ3) is 7.60. The molecule has 8 rings (SSSR count). The average molecular weight is 749 g/mol. The number of tetrazole rings is 1. The highest BCUT2D eigenvalue weighted by atomic mass is 16.5. The van der Waals surface area contributed by atoms with E-state index in [0.717, 1.165) is 80.0 Å². The monoisotopic (exact) mass is 748 g/mol. The number of hydrogen-bond acceptors (Lipinski definition) is 7. The molecule has 0 saturated heterocycles. The molecule has 282 valence electrons. The van der Waals surface area contributed by atoms with Crippen LogP contribution in [-0.2, 0) is 31.6 Å². The fourth-order valence-electron chi connectivity index (χ4n) is 7.60. The van der Waals surface area contributed by atoms with E-state index in [1.165, 1.54) is 0 Å². The molecule has 8 heteroatoms. The molecule has 57 heavy (non-hydrogen) atoms. The Labute approximate surface area is 333 Å². The van der Waals surface area contributed by atoms with Gasteiger partial charge in [-0.2, -0.15) is 4.98 Å². The van der Waals surface area contributed by atoms with Gasteiger partial charge in [0.2, 0.25) is 5.88 Å². The van der Waals surface area contributed by atoms with E-state index in [0.29, 0.717) is 24.7 Å². The number of rotatable bonds is 14. The summed E-state index contributed by atoms with van der Waals surface area (Å²) in [5.41, 5.74) is 10.1. The van der Waals surface area contributed by atoms with E-state index in [1.807, 2.05) is 66.2 Å². The highest BCUT2D eigenvalue weighted by molar-refractivity contribution is 5.81. The van der Waals surface area contributed by atoms with Crippen molar-refractivity contribution < 1.29 is 9.84 Å². The van der Waals surface area contributed by atoms with Crippen LogP contribution in [0.5, 0.6) is 5.88 Å². The van der Waals surface area contributed by atoms with Crippen molar-refractivity contribution in [3.63, 3.8) is 0 Å². The maximum absolute atomic E-state index is 9.51. The van der Waals surface area contributed by atoms with E-state index in [9.17, 15) is 5.11 Å². The molecular weight excluding hydrogens is 705 g/mol. The summed E-state index contributed by atoms with van der Waals surface area (Å²) < 4.78 is 8.47. The molecule has 0 bridgehead atoms. The van der Waals surface area contributed by atoms with Crippen LogP contribution in [0.4, 0.5) is 0 Å². The molecule has 0 atom stereocenters. The first-order chi connectivity index (χ1) is 28.1. The largest absolute Gasteiger partial charge is 0.472 e. The zero-order chi connectivity index (χ0) is 39.0. The number of aryl methyl sites for hydroxylation is 2. The van der Waals surface area contributed by atoms with Crippen molar-refractivity contribution in [1.82, 2.24) is 30.2 Å². The van der Waals surface area contributed by atoms with E-state index in [4.69, 9.17) is 25.0 Å². The predicted octanol–water partition coefficient (Wildman–Crippen LogP) is 9.56. The Morgan fingerprint density at radius 1 is 0.614 bits per heavy atom. The van der Waals surface area contributed by atoms with Crippen LogP contribution in [0.15, 0.2) is 164 Å². The molecular formula is C49H44N6O2. The van der Waals surface area contributed by atoms with Crippen LogP contribution in [-0.4, -0.2) is 35.3 Å². The number of nitrogens with zero attached hydrogens (tertiary/aromatic N) is 6. The molecule has 6 aromatic carbocycles. The Hall–Kier alpha value is -6.77. The maximum Gasteiger partial charge on any atom is 0.220 e. The second-order valence-electron chi connectivity index (χ2n) is 14.2. The second-order valence-corrected chi connectivity index (χ2v) is 14.2. The predicted molar refractivity (Wildman–Crippen MR) is 224 cm³/mol. The number of benzene rings is 6. The minimum Gasteiger partial charge on any atom is -0.472 e. The van der Waals surface area contributed by atoms with Gasteiger partial charge in [-0.05, 0) is 68.3 Å². The number of ether oxygens (including phenoxy) is 1. The van der Waals surface area contributed by atoms with Crippen molar-refractivity contribution in [3.05, 3.63) is 214 Å². The Balaban J connectivity index is 1.13. The molecule has 8 aromatic rings. The molecule has 0 spiro atoms. The summed E-state index contributed by atoms with van der Waals surface area (Å²) >= 11 is 0. The zero-order valence-corrected chi connectivity index (χ0v) is 32.2. The van der Waals surface area contributed by atoms with Crippen molar-refractivity contribution >= 4 is 0 Å². The van der Waals surface area contributed by atoms with Crippen molar-refractivity contribution in [3.8, 4) is 28.4 Å². The summed E-state index contributed by atoms with van der Waals surface area (Å²) in [7, 11) is 0. The SMILES string of the molecule is CCCc1nc(C)c(Cc2ccc(CO)cc2)c(OCc2ccc(-c3ccccc3-c3nnnn3C(c3ccccc3)(c3ccccc3)c3ccccc3)cc2)n1. The zero-order valence-electron chi connectivity index (χ0n) is 32.2. The molecule has 0 unspecified atom stereocenters. The highest BCUT2D eigenvalue weighted by Gasteiger charge is 2.42. The molecule has 0 fully saturated rings. The van der Waals surface area contributed by atoms with Crippen molar-refractivity contribution in [1.29, 1.82) is 0 Å². The van der Waals surface area contributed by atoms with Gasteiger partial charge < -0.3 is 9.84 Å². The van der Waals surface area contributed by atoms with Gasteiger partial charge in [0, 0.05) is 29.7 Å². The fraction of sp³-hybridized carbons (Fsp3) is 0.163. The van der Waals surface area contributed by atoms with Crippen LogP contribution in [0.3, 0.4) is 0 Å². The summed E-state index contributed by atoms with van der Waals surface area (Å²) in [5.74, 6) is 2.04. The topological polar surface area (TPSA) is 98.8 Å². The lowest BCUT2D eigenvalue weighted by Crippen LogP contribution is -2.39. The minimum atomic E-state index is -0.866. The van der Waals surface area contributed by atoms with Gasteiger partial charge in [0.1, 0.15) is 18.0 Å². The number of aromatic nitrogens is 6. The number of aliphatic hydroxyl groups excluding tert-OH is 1. The molecule has 0 amide bonds. The van der Waals surface area contributed by atoms with Gasteiger partial charge in [0.05, 0.1) is 6.61 Å². The molecule has 2 aromatic heterocycles. The highest BCUT2D eigenvalue weighted by Crippen LogP contribution is 2.43. The molecule has 2 heterocycles. The summed E-state index contributed by atoms with van der Waals surface area (Å²) in [4.78, 5) is 9.68. The van der Waals surface area contributed by atoms with E-state index in [1.54, 1.807) is 0 Å².